The molecule has 0 unspecified atom stereocenters. The van der Waals surface area contributed by atoms with Crippen LogP contribution in [0.25, 0.3) is 208 Å². The molecule has 6 heterocycles. The van der Waals surface area contributed by atoms with E-state index < -0.39 is 0 Å². The van der Waals surface area contributed by atoms with E-state index in [1.165, 1.54) is 0 Å². The molecule has 656 valence electrons. The summed E-state index contributed by atoms with van der Waals surface area (Å²) in [5.74, 6) is 0. The Balaban J connectivity index is 0.000000138. The standard InChI is InChI=1S/C68H42N2O3.C62H38N2O3/c1-3-18-43(19-4-1)48-22-9-13-29-59(48)69(46-34-37-53-51-25-11-15-32-62(51)71-64(53)41-46)45-35-38-56-58(40-45)50-24-7-8-27-54(50)66-57-39-36-47(42-65(57)73-68(56)66)70(60-30-14-10-23-49(60)44-20-5-2-6-21-44)61-31-17-28-55-52-26-12-16-33-63(52)72-67(55)61;1-3-16-39(17-4-1)44-20-9-12-26-54(44)64(55-27-15-25-50-47-23-11-14-29-57(47)66-61(50)55)43-32-35-52-59(38-43)67-62-51-34-31-41(36-53(51)45-21-7-8-24-49(45)60(52)62)63(40-18-5-2-6-19-40)42-30-33-48-46-22-10-13-28-56(46)65-58(48)37-42/h1-42H;1-38H. The monoisotopic (exact) mass is 1790 g/mol. The largest absolute Gasteiger partial charge is 0.456 e. The molecule has 0 atom stereocenters. The smallest absolute Gasteiger partial charge is 0.159 e. The molecule has 0 N–H and O–H groups in total. The molecule has 0 aliphatic heterocycles. The number of furan rings is 6. The van der Waals surface area contributed by atoms with E-state index in [9.17, 15) is 0 Å². The summed E-state index contributed by atoms with van der Waals surface area (Å²) in [4.78, 5) is 9.32. The van der Waals surface area contributed by atoms with E-state index in [2.05, 4.69) is 456 Å². The van der Waals surface area contributed by atoms with E-state index in [0.717, 1.165) is 276 Å². The predicted molar refractivity (Wildman–Crippen MR) is 582 cm³/mol. The minimum atomic E-state index is 0.797. The fraction of sp³-hybridized carbons (Fsp3) is 0. The van der Waals surface area contributed by atoms with Crippen LogP contribution < -0.4 is 19.6 Å². The lowest BCUT2D eigenvalue weighted by Crippen LogP contribution is -2.11. The first kappa shape index (κ1) is 79.6. The van der Waals surface area contributed by atoms with E-state index >= 15 is 0 Å². The maximum Gasteiger partial charge on any atom is 0.159 e. The van der Waals surface area contributed by atoms with Crippen LogP contribution in [-0.4, -0.2) is 0 Å². The summed E-state index contributed by atoms with van der Waals surface area (Å²) >= 11 is 0. The molecule has 10 heteroatoms. The van der Waals surface area contributed by atoms with Gasteiger partial charge in [-0.1, -0.05) is 309 Å². The molecule has 10 nitrogen and oxygen atoms in total. The van der Waals surface area contributed by atoms with Gasteiger partial charge in [0.2, 0.25) is 0 Å². The molecular weight excluding hydrogens is 1710 g/mol. The first-order valence-corrected chi connectivity index (χ1v) is 47.4. The molecule has 0 bridgehead atoms. The zero-order valence-corrected chi connectivity index (χ0v) is 75.4. The molecule has 0 saturated heterocycles. The van der Waals surface area contributed by atoms with Gasteiger partial charge in [0.15, 0.2) is 11.2 Å². The maximum absolute atomic E-state index is 7.23. The predicted octanol–water partition coefficient (Wildman–Crippen LogP) is 38.3. The molecule has 0 aliphatic carbocycles. The van der Waals surface area contributed by atoms with Crippen molar-refractivity contribution in [1.82, 2.24) is 0 Å². The van der Waals surface area contributed by atoms with Crippen LogP contribution in [0.2, 0.25) is 0 Å². The highest BCUT2D eigenvalue weighted by Crippen LogP contribution is 2.54. The van der Waals surface area contributed by atoms with Gasteiger partial charge in [0, 0.05) is 145 Å². The first-order valence-electron chi connectivity index (χ1n) is 47.4. The van der Waals surface area contributed by atoms with E-state index in [-0.39, 0.29) is 0 Å². The molecule has 0 amide bonds. The SMILES string of the molecule is c1ccc(-c2ccccc2N(c2ccc3c(c2)oc2c4ccc(N(c5ccccc5)c5ccc6c(c5)oc5ccccc56)cc4c4ccccc4c32)c2cccc3c2oc2ccccc23)cc1.c1ccc(-c2ccccc2N(c2ccc3c(c2)oc2ccccc23)c2ccc3c(c2)c2ccccc2c2c4ccc(N(c5ccccc5-c5ccccc5)c5cccc6c5oc5ccccc56)cc4oc32)cc1. The fourth-order valence-electron chi connectivity index (χ4n) is 21.8. The molecule has 0 fully saturated rings. The van der Waals surface area contributed by atoms with Crippen molar-refractivity contribution in [3.63, 3.8) is 0 Å². The van der Waals surface area contributed by atoms with Crippen molar-refractivity contribution in [2.45, 2.75) is 0 Å². The second kappa shape index (κ2) is 32.5. The average molecular weight is 1790 g/mol. The Morgan fingerprint density at radius 3 is 0.779 bits per heavy atom. The Hall–Kier alpha value is -18.9. The Labute approximate surface area is 802 Å². The molecule has 29 aromatic rings. The summed E-state index contributed by atoms with van der Waals surface area (Å²) < 4.78 is 40.8. The molecule has 140 heavy (non-hydrogen) atoms. The number of anilines is 12. The summed E-state index contributed by atoms with van der Waals surface area (Å²) in [6.45, 7) is 0. The van der Waals surface area contributed by atoms with E-state index in [1.54, 1.807) is 0 Å². The molecule has 0 saturated carbocycles. The molecule has 0 aliphatic rings. The van der Waals surface area contributed by atoms with Crippen LogP contribution in [0.5, 0.6) is 0 Å². The number of fused-ring (bicyclic) bond motifs is 28. The van der Waals surface area contributed by atoms with Crippen LogP contribution in [-0.2, 0) is 0 Å². The first-order chi connectivity index (χ1) is 69.4. The van der Waals surface area contributed by atoms with Gasteiger partial charge in [-0.3, -0.25) is 0 Å². The minimum Gasteiger partial charge on any atom is -0.456 e. The summed E-state index contributed by atoms with van der Waals surface area (Å²) in [7, 11) is 0. The third-order valence-corrected chi connectivity index (χ3v) is 28.0. The molecule has 6 aromatic heterocycles. The Bertz CT molecular complexity index is 10000. The van der Waals surface area contributed by atoms with Crippen LogP contribution in [0.4, 0.5) is 68.2 Å². The number of hydrogen-bond acceptors (Lipinski definition) is 10. The second-order valence-electron chi connectivity index (χ2n) is 35.9. The van der Waals surface area contributed by atoms with Crippen LogP contribution in [0.15, 0.2) is 512 Å². The topological polar surface area (TPSA) is 91.8 Å². The fourth-order valence-corrected chi connectivity index (χ4v) is 21.8. The van der Waals surface area contributed by atoms with Crippen molar-refractivity contribution in [2.75, 3.05) is 19.6 Å². The highest BCUT2D eigenvalue weighted by Gasteiger charge is 2.30. The molecule has 0 spiro atoms. The van der Waals surface area contributed by atoms with Crippen molar-refractivity contribution in [1.29, 1.82) is 0 Å². The lowest BCUT2D eigenvalue weighted by Gasteiger charge is -2.28. The van der Waals surface area contributed by atoms with Crippen LogP contribution in [0, 0.1) is 0 Å². The number of rotatable bonds is 15. The van der Waals surface area contributed by atoms with Crippen LogP contribution in [0.3, 0.4) is 0 Å². The third-order valence-electron chi connectivity index (χ3n) is 28.0. The summed E-state index contributed by atoms with van der Waals surface area (Å²) in [5, 5.41) is 21.9. The number of nitrogens with zero attached hydrogens (tertiary/aromatic N) is 4. The molecular formula is C130H80N4O6. The quantitative estimate of drug-likeness (QED) is 0.0924. The lowest BCUT2D eigenvalue weighted by molar-refractivity contribution is 0.668. The van der Waals surface area contributed by atoms with Crippen molar-refractivity contribution >= 4 is 243 Å². The summed E-state index contributed by atoms with van der Waals surface area (Å²) in [5.41, 5.74) is 28.8. The zero-order chi connectivity index (χ0) is 92.0. The van der Waals surface area contributed by atoms with Gasteiger partial charge in [0.25, 0.3) is 0 Å². The van der Waals surface area contributed by atoms with Crippen molar-refractivity contribution < 1.29 is 26.5 Å². The van der Waals surface area contributed by atoms with Crippen LogP contribution >= 0.6 is 0 Å². The van der Waals surface area contributed by atoms with Gasteiger partial charge in [0.1, 0.15) is 55.8 Å². The summed E-state index contributed by atoms with van der Waals surface area (Å²) in [6.07, 6.45) is 0. The average Bonchev–Trinajstić information content (AvgIpc) is 1.55. The van der Waals surface area contributed by atoms with Crippen LogP contribution in [0.1, 0.15) is 0 Å². The van der Waals surface area contributed by atoms with Gasteiger partial charge in [-0.05, 0) is 201 Å². The van der Waals surface area contributed by atoms with Gasteiger partial charge >= 0.3 is 0 Å². The third kappa shape index (κ3) is 13.0. The Morgan fingerprint density at radius 2 is 0.371 bits per heavy atom. The normalized spacial score (nSPS) is 11.9. The van der Waals surface area contributed by atoms with E-state index in [1.807, 2.05) is 48.5 Å². The van der Waals surface area contributed by atoms with Crippen molar-refractivity contribution in [2.24, 2.45) is 0 Å². The molecule has 29 rings (SSSR count). The van der Waals surface area contributed by atoms with Gasteiger partial charge in [-0.2, -0.15) is 0 Å². The highest BCUT2D eigenvalue weighted by molar-refractivity contribution is 6.33. The summed E-state index contributed by atoms with van der Waals surface area (Å²) in [6, 6.07) is 171. The van der Waals surface area contributed by atoms with E-state index in [4.69, 9.17) is 26.5 Å². The molecule has 0 radical (unpaired) electrons. The lowest BCUT2D eigenvalue weighted by atomic mass is 9.95. The zero-order valence-electron chi connectivity index (χ0n) is 75.4. The van der Waals surface area contributed by atoms with Gasteiger partial charge < -0.3 is 46.1 Å². The number of benzene rings is 23. The van der Waals surface area contributed by atoms with Gasteiger partial charge in [-0.25, -0.2) is 0 Å². The van der Waals surface area contributed by atoms with Crippen molar-refractivity contribution in [3.8, 4) is 33.4 Å². The molecule has 23 aromatic carbocycles. The highest BCUT2D eigenvalue weighted by atomic mass is 16.4. The maximum atomic E-state index is 7.23. The Morgan fingerprint density at radius 1 is 0.121 bits per heavy atom. The van der Waals surface area contributed by atoms with Gasteiger partial charge in [-0.15, -0.1) is 0 Å². The number of hydrogen-bond donors (Lipinski definition) is 0. The van der Waals surface area contributed by atoms with E-state index in [0.29, 0.717) is 0 Å². The Kier molecular flexibility index (Phi) is 18.5. The minimum absolute atomic E-state index is 0.797. The van der Waals surface area contributed by atoms with Crippen molar-refractivity contribution in [3.05, 3.63) is 485 Å². The number of para-hydroxylation sites is 10. The second-order valence-corrected chi connectivity index (χ2v) is 35.9. The van der Waals surface area contributed by atoms with Gasteiger partial charge in [0.05, 0.1) is 39.8 Å².